The first-order valence-corrected chi connectivity index (χ1v) is 10.0. The number of nitrogens with one attached hydrogen (secondary N) is 1. The Morgan fingerprint density at radius 3 is 2.66 bits per heavy atom. The molecule has 0 unspecified atom stereocenters. The Balaban J connectivity index is 1.46. The number of rotatable bonds is 6. The number of imidazole rings is 1. The summed E-state index contributed by atoms with van der Waals surface area (Å²) < 4.78 is 6.80. The average Bonchev–Trinajstić information content (AvgIpc) is 3.34. The molecule has 0 radical (unpaired) electrons. The first-order valence-electron chi connectivity index (χ1n) is 9.14. The molecule has 0 fully saturated rings. The highest BCUT2D eigenvalue weighted by Crippen LogP contribution is 2.24. The number of thiazole rings is 1. The summed E-state index contributed by atoms with van der Waals surface area (Å²) in [6.07, 6.45) is 2.86. The van der Waals surface area contributed by atoms with Gasteiger partial charge >= 0.3 is 5.97 Å². The molecule has 6 nitrogen and oxygen atoms in total. The number of carbonyl (C=O) groups excluding carboxylic acids is 2. The molecule has 4 aromatic rings. The SMILES string of the molecule is COC(=O)c1ccccc1NC(=O)CCc1csc2nc(-c3ccccc3)cn12. The monoisotopic (exact) mass is 405 g/mol. The van der Waals surface area contributed by atoms with Gasteiger partial charge < -0.3 is 10.1 Å². The maximum atomic E-state index is 12.4. The minimum absolute atomic E-state index is 0.163. The van der Waals surface area contributed by atoms with Gasteiger partial charge in [0.1, 0.15) is 0 Å². The van der Waals surface area contributed by atoms with Gasteiger partial charge in [-0.05, 0) is 18.6 Å². The molecule has 7 heteroatoms. The molecule has 2 aromatic heterocycles. The fourth-order valence-electron chi connectivity index (χ4n) is 3.09. The molecule has 29 heavy (non-hydrogen) atoms. The fraction of sp³-hybridized carbons (Fsp3) is 0.136. The number of esters is 1. The summed E-state index contributed by atoms with van der Waals surface area (Å²) in [5, 5.41) is 4.83. The number of anilines is 1. The van der Waals surface area contributed by atoms with Crippen LogP contribution < -0.4 is 5.32 Å². The smallest absolute Gasteiger partial charge is 0.339 e. The highest BCUT2D eigenvalue weighted by atomic mass is 32.1. The standard InChI is InChI=1S/C22H19N3O3S/c1-28-21(27)17-9-5-6-10-18(17)23-20(26)12-11-16-14-29-22-24-19(13-25(16)22)15-7-3-2-4-8-15/h2-10,13-14H,11-12H2,1H3,(H,23,26). The van der Waals surface area contributed by atoms with Crippen molar-refractivity contribution in [3.05, 3.63) is 77.4 Å². The number of nitrogens with zero attached hydrogens (tertiary/aromatic N) is 2. The van der Waals surface area contributed by atoms with Crippen LogP contribution in [-0.2, 0) is 16.0 Å². The van der Waals surface area contributed by atoms with Crippen molar-refractivity contribution in [2.24, 2.45) is 0 Å². The van der Waals surface area contributed by atoms with Crippen LogP contribution in [0, 0.1) is 0 Å². The third kappa shape index (κ3) is 4.05. The summed E-state index contributed by atoms with van der Waals surface area (Å²) in [5.41, 5.74) is 3.79. The Morgan fingerprint density at radius 2 is 1.86 bits per heavy atom. The van der Waals surface area contributed by atoms with Gasteiger partial charge in [0.05, 0.1) is 24.1 Å². The van der Waals surface area contributed by atoms with Crippen molar-refractivity contribution in [2.45, 2.75) is 12.8 Å². The summed E-state index contributed by atoms with van der Waals surface area (Å²) in [4.78, 5) is 29.9. The van der Waals surface area contributed by atoms with Gasteiger partial charge in [0, 0.05) is 29.3 Å². The lowest BCUT2D eigenvalue weighted by atomic mass is 10.1. The van der Waals surface area contributed by atoms with Crippen LogP contribution in [0.5, 0.6) is 0 Å². The minimum atomic E-state index is -0.479. The fourth-order valence-corrected chi connectivity index (χ4v) is 4.00. The van der Waals surface area contributed by atoms with E-state index in [0.29, 0.717) is 24.1 Å². The van der Waals surface area contributed by atoms with Crippen molar-refractivity contribution in [2.75, 3.05) is 12.4 Å². The topological polar surface area (TPSA) is 72.7 Å². The van der Waals surface area contributed by atoms with Crippen molar-refractivity contribution < 1.29 is 14.3 Å². The van der Waals surface area contributed by atoms with E-state index in [9.17, 15) is 9.59 Å². The summed E-state index contributed by atoms with van der Waals surface area (Å²) in [6, 6.07) is 16.8. The molecule has 2 aromatic carbocycles. The zero-order valence-corrected chi connectivity index (χ0v) is 16.6. The Labute approximate surface area is 171 Å². The zero-order chi connectivity index (χ0) is 20.2. The Hall–Kier alpha value is -3.45. The predicted octanol–water partition coefficient (Wildman–Crippen LogP) is 4.42. The molecule has 4 rings (SSSR count). The number of aromatic nitrogens is 2. The Bertz CT molecular complexity index is 1160. The normalized spacial score (nSPS) is 10.8. The number of fused-ring (bicyclic) bond motifs is 1. The van der Waals surface area contributed by atoms with Gasteiger partial charge in [-0.25, -0.2) is 9.78 Å². The van der Waals surface area contributed by atoms with Gasteiger partial charge in [-0.2, -0.15) is 0 Å². The van der Waals surface area contributed by atoms with E-state index in [1.54, 1.807) is 35.6 Å². The molecule has 2 heterocycles. The number of hydrogen-bond acceptors (Lipinski definition) is 5. The maximum absolute atomic E-state index is 12.4. The number of hydrogen-bond donors (Lipinski definition) is 1. The molecule has 0 aliphatic carbocycles. The Morgan fingerprint density at radius 1 is 1.10 bits per heavy atom. The van der Waals surface area contributed by atoms with Crippen molar-refractivity contribution in [1.29, 1.82) is 0 Å². The van der Waals surface area contributed by atoms with Crippen LogP contribution in [0.2, 0.25) is 0 Å². The first-order chi connectivity index (χ1) is 14.2. The molecule has 0 spiro atoms. The second kappa shape index (κ2) is 8.28. The highest BCUT2D eigenvalue weighted by molar-refractivity contribution is 7.15. The van der Waals surface area contributed by atoms with Crippen LogP contribution in [0.15, 0.2) is 66.2 Å². The number of carbonyl (C=O) groups is 2. The lowest BCUT2D eigenvalue weighted by Crippen LogP contribution is -2.16. The largest absolute Gasteiger partial charge is 0.465 e. The number of ether oxygens (including phenoxy) is 1. The van der Waals surface area contributed by atoms with E-state index < -0.39 is 5.97 Å². The number of para-hydroxylation sites is 1. The summed E-state index contributed by atoms with van der Waals surface area (Å²) in [7, 11) is 1.32. The van der Waals surface area contributed by atoms with Crippen LogP contribution >= 0.6 is 11.3 Å². The summed E-state index contributed by atoms with van der Waals surface area (Å²) in [5.74, 6) is -0.642. The lowest BCUT2D eigenvalue weighted by molar-refractivity contribution is -0.116. The number of benzene rings is 2. The van der Waals surface area contributed by atoms with Crippen LogP contribution in [-0.4, -0.2) is 28.4 Å². The van der Waals surface area contributed by atoms with Crippen LogP contribution in [0.1, 0.15) is 22.5 Å². The van der Waals surface area contributed by atoms with E-state index in [4.69, 9.17) is 4.74 Å². The second-order valence-corrected chi connectivity index (χ2v) is 7.29. The molecular formula is C22H19N3O3S. The van der Waals surface area contributed by atoms with Gasteiger partial charge in [0.2, 0.25) is 5.91 Å². The molecule has 0 bridgehead atoms. The summed E-state index contributed by atoms with van der Waals surface area (Å²) in [6.45, 7) is 0. The number of amides is 1. The summed E-state index contributed by atoms with van der Waals surface area (Å²) >= 11 is 1.55. The maximum Gasteiger partial charge on any atom is 0.339 e. The van der Waals surface area contributed by atoms with Gasteiger partial charge in [0.15, 0.2) is 4.96 Å². The van der Waals surface area contributed by atoms with Gasteiger partial charge in [-0.15, -0.1) is 11.3 Å². The molecule has 0 saturated carbocycles. The third-order valence-corrected chi connectivity index (χ3v) is 5.46. The quantitative estimate of drug-likeness (QED) is 0.482. The third-order valence-electron chi connectivity index (χ3n) is 4.57. The van der Waals surface area contributed by atoms with E-state index in [1.165, 1.54) is 7.11 Å². The molecule has 0 saturated heterocycles. The van der Waals surface area contributed by atoms with E-state index in [0.717, 1.165) is 21.9 Å². The zero-order valence-electron chi connectivity index (χ0n) is 15.8. The average molecular weight is 405 g/mol. The number of aryl methyl sites for hydroxylation is 1. The molecule has 0 aliphatic rings. The van der Waals surface area contributed by atoms with Gasteiger partial charge in [-0.1, -0.05) is 42.5 Å². The second-order valence-electron chi connectivity index (χ2n) is 6.46. The van der Waals surface area contributed by atoms with E-state index in [1.807, 2.05) is 46.3 Å². The van der Waals surface area contributed by atoms with Crippen molar-refractivity contribution in [3.63, 3.8) is 0 Å². The van der Waals surface area contributed by atoms with Gasteiger partial charge in [0.25, 0.3) is 0 Å². The molecule has 1 amide bonds. The van der Waals surface area contributed by atoms with Crippen molar-refractivity contribution in [3.8, 4) is 11.3 Å². The van der Waals surface area contributed by atoms with E-state index in [2.05, 4.69) is 10.3 Å². The number of methoxy groups -OCH3 is 1. The van der Waals surface area contributed by atoms with E-state index >= 15 is 0 Å². The van der Waals surface area contributed by atoms with Crippen LogP contribution in [0.25, 0.3) is 16.2 Å². The highest BCUT2D eigenvalue weighted by Gasteiger charge is 2.14. The molecular weight excluding hydrogens is 386 g/mol. The van der Waals surface area contributed by atoms with Crippen molar-refractivity contribution in [1.82, 2.24) is 9.38 Å². The molecule has 0 atom stereocenters. The van der Waals surface area contributed by atoms with Crippen LogP contribution in [0.4, 0.5) is 5.69 Å². The molecule has 0 aliphatic heterocycles. The molecule has 146 valence electrons. The van der Waals surface area contributed by atoms with Crippen LogP contribution in [0.3, 0.4) is 0 Å². The van der Waals surface area contributed by atoms with E-state index in [-0.39, 0.29) is 5.91 Å². The van der Waals surface area contributed by atoms with Gasteiger partial charge in [-0.3, -0.25) is 9.20 Å². The molecule has 1 N–H and O–H groups in total. The first kappa shape index (κ1) is 18.9. The lowest BCUT2D eigenvalue weighted by Gasteiger charge is -2.09. The van der Waals surface area contributed by atoms with Crippen molar-refractivity contribution >= 4 is 33.9 Å². The predicted molar refractivity (Wildman–Crippen MR) is 113 cm³/mol. The minimum Gasteiger partial charge on any atom is -0.465 e. The Kier molecular flexibility index (Phi) is 5.39.